The van der Waals surface area contributed by atoms with Gasteiger partial charge in [0.2, 0.25) is 5.91 Å². The minimum absolute atomic E-state index is 0.00584. The minimum Gasteiger partial charge on any atom is -0.459 e. The molecule has 0 bridgehead atoms. The maximum Gasteiger partial charge on any atom is 0.307 e. The van der Waals surface area contributed by atoms with Gasteiger partial charge in [-0.05, 0) is 37.1 Å². The van der Waals surface area contributed by atoms with Crippen LogP contribution in [0.3, 0.4) is 0 Å². The second-order valence-corrected chi connectivity index (χ2v) is 9.00. The van der Waals surface area contributed by atoms with Crippen LogP contribution in [0.15, 0.2) is 47.8 Å². The molecule has 0 aliphatic rings. The first-order chi connectivity index (χ1) is 16.9. The fourth-order valence-corrected chi connectivity index (χ4v) is 4.20. The fourth-order valence-electron chi connectivity index (χ4n) is 3.42. The first-order valence-electron chi connectivity index (χ1n) is 11.1. The van der Waals surface area contributed by atoms with Crippen molar-refractivity contribution in [2.24, 2.45) is 0 Å². The number of benzene rings is 2. The molecule has 0 aliphatic heterocycles. The van der Waals surface area contributed by atoms with E-state index in [0.717, 1.165) is 27.7 Å². The molecule has 9 nitrogen and oxygen atoms in total. The van der Waals surface area contributed by atoms with Gasteiger partial charge in [-0.15, -0.1) is 11.3 Å². The Labute approximate surface area is 205 Å². The minimum atomic E-state index is -0.459. The summed E-state index contributed by atoms with van der Waals surface area (Å²) >= 11 is 1.34. The number of aromatic amines is 1. The largest absolute Gasteiger partial charge is 0.459 e. The summed E-state index contributed by atoms with van der Waals surface area (Å²) in [5.41, 5.74) is 4.47. The van der Waals surface area contributed by atoms with Crippen molar-refractivity contribution in [3.63, 3.8) is 0 Å². The average Bonchev–Trinajstić information content (AvgIpc) is 3.47. The first kappa shape index (κ1) is 24.1. The number of fused-ring (bicyclic) bond motifs is 1. The molecule has 2 amide bonds. The number of H-pyrrole nitrogens is 1. The van der Waals surface area contributed by atoms with E-state index in [9.17, 15) is 14.4 Å². The number of aromatic nitrogens is 3. The van der Waals surface area contributed by atoms with Crippen LogP contribution in [0.5, 0.6) is 0 Å². The lowest BCUT2D eigenvalue weighted by atomic mass is 10.1. The summed E-state index contributed by atoms with van der Waals surface area (Å²) < 4.78 is 5.25. The van der Waals surface area contributed by atoms with Crippen LogP contribution in [0.4, 0.5) is 5.69 Å². The molecule has 0 fully saturated rings. The van der Waals surface area contributed by atoms with Crippen LogP contribution in [0.25, 0.3) is 10.9 Å². The van der Waals surface area contributed by atoms with Gasteiger partial charge in [-0.3, -0.25) is 19.5 Å². The smallest absolute Gasteiger partial charge is 0.307 e. The van der Waals surface area contributed by atoms with Gasteiger partial charge < -0.3 is 15.4 Å². The lowest BCUT2D eigenvalue weighted by molar-refractivity contribution is -0.144. The third-order valence-electron chi connectivity index (χ3n) is 5.26. The number of rotatable bonds is 9. The van der Waals surface area contributed by atoms with Crippen LogP contribution < -0.4 is 10.6 Å². The van der Waals surface area contributed by atoms with Crippen LogP contribution in [-0.4, -0.2) is 39.5 Å². The molecule has 35 heavy (non-hydrogen) atoms. The molecule has 10 heteroatoms. The van der Waals surface area contributed by atoms with E-state index in [0.29, 0.717) is 10.7 Å². The number of nitrogens with zero attached hydrogens (tertiary/aromatic N) is 2. The highest BCUT2D eigenvalue weighted by Crippen LogP contribution is 2.18. The Hall–Kier alpha value is -4.05. The number of aryl methyl sites for hydroxylation is 2. The highest BCUT2D eigenvalue weighted by Gasteiger charge is 2.15. The third kappa shape index (κ3) is 6.30. The summed E-state index contributed by atoms with van der Waals surface area (Å²) in [7, 11) is 0. The van der Waals surface area contributed by atoms with Crippen LogP contribution in [0.2, 0.25) is 0 Å². The van der Waals surface area contributed by atoms with Gasteiger partial charge in [0.25, 0.3) is 5.91 Å². The van der Waals surface area contributed by atoms with Crippen molar-refractivity contribution in [3.8, 4) is 0 Å². The number of amides is 2. The number of nitrogens with one attached hydrogen (secondary N) is 3. The van der Waals surface area contributed by atoms with Gasteiger partial charge in [0.05, 0.1) is 24.1 Å². The molecule has 0 radical (unpaired) electrons. The molecular weight excluding hydrogens is 466 g/mol. The zero-order chi connectivity index (χ0) is 24.8. The highest BCUT2D eigenvalue weighted by molar-refractivity contribution is 7.09. The standard InChI is InChI=1S/C25H25N5O4S/c1-15-7-8-16(2)20(11-15)28-21(31)12-22-27-17(14-35-22)13-34-23(32)9-10-26-25(33)24-18-5-3-4-6-19(18)29-30-24/h3-8,11,14H,9-10,12-13H2,1-2H3,(H,26,33)(H,28,31)(H,29,30). The molecule has 3 N–H and O–H groups in total. The normalized spacial score (nSPS) is 10.8. The summed E-state index contributed by atoms with van der Waals surface area (Å²) in [4.78, 5) is 41.1. The molecule has 0 atom stereocenters. The third-order valence-corrected chi connectivity index (χ3v) is 6.16. The number of carbonyl (C=O) groups is 3. The zero-order valence-corrected chi connectivity index (χ0v) is 20.2. The quantitative estimate of drug-likeness (QED) is 0.307. The predicted octanol–water partition coefficient (Wildman–Crippen LogP) is 3.68. The maximum absolute atomic E-state index is 12.4. The number of hydrogen-bond donors (Lipinski definition) is 3. The van der Waals surface area contributed by atoms with Crippen molar-refractivity contribution in [1.82, 2.24) is 20.5 Å². The summed E-state index contributed by atoms with van der Waals surface area (Å²) in [6.45, 7) is 4.04. The van der Waals surface area contributed by atoms with Crippen molar-refractivity contribution in [2.45, 2.75) is 33.3 Å². The van der Waals surface area contributed by atoms with Crippen molar-refractivity contribution in [3.05, 3.63) is 75.4 Å². The van der Waals surface area contributed by atoms with Gasteiger partial charge >= 0.3 is 5.97 Å². The second-order valence-electron chi connectivity index (χ2n) is 8.06. The van der Waals surface area contributed by atoms with Crippen molar-refractivity contribution < 1.29 is 19.1 Å². The van der Waals surface area contributed by atoms with E-state index in [1.54, 1.807) is 11.4 Å². The van der Waals surface area contributed by atoms with E-state index in [2.05, 4.69) is 25.8 Å². The molecule has 0 spiro atoms. The monoisotopic (exact) mass is 491 g/mol. The van der Waals surface area contributed by atoms with Crippen molar-refractivity contribution in [1.29, 1.82) is 0 Å². The Morgan fingerprint density at radius 3 is 2.80 bits per heavy atom. The van der Waals surface area contributed by atoms with Gasteiger partial charge in [-0.25, -0.2) is 4.98 Å². The Morgan fingerprint density at radius 2 is 1.94 bits per heavy atom. The molecule has 2 aromatic heterocycles. The molecular formula is C25H25N5O4S. The molecule has 0 aliphatic carbocycles. The SMILES string of the molecule is Cc1ccc(C)c(NC(=O)Cc2nc(COC(=O)CCNC(=O)c3n[nH]c4ccccc34)cs2)c1. The van der Waals surface area contributed by atoms with Crippen molar-refractivity contribution >= 4 is 45.7 Å². The Morgan fingerprint density at radius 1 is 1.11 bits per heavy atom. The molecule has 0 unspecified atom stereocenters. The second kappa shape index (κ2) is 10.9. The Balaban J connectivity index is 1.19. The molecule has 2 aromatic carbocycles. The van der Waals surface area contributed by atoms with Gasteiger partial charge in [0.15, 0.2) is 5.69 Å². The summed E-state index contributed by atoms with van der Waals surface area (Å²) in [6, 6.07) is 13.2. The topological polar surface area (TPSA) is 126 Å². The first-order valence-corrected chi connectivity index (χ1v) is 11.9. The molecule has 2 heterocycles. The van der Waals surface area contributed by atoms with Crippen LogP contribution in [0.1, 0.15) is 38.7 Å². The highest BCUT2D eigenvalue weighted by atomic mass is 32.1. The van der Waals surface area contributed by atoms with E-state index in [1.807, 2.05) is 50.2 Å². The lowest BCUT2D eigenvalue weighted by Gasteiger charge is -2.08. The number of carbonyl (C=O) groups excluding carboxylic acids is 3. The number of anilines is 1. The molecule has 4 aromatic rings. The van der Waals surface area contributed by atoms with Gasteiger partial charge in [0.1, 0.15) is 11.6 Å². The molecule has 0 saturated heterocycles. The average molecular weight is 492 g/mol. The van der Waals surface area contributed by atoms with Crippen LogP contribution in [0, 0.1) is 13.8 Å². The number of thiazole rings is 1. The van der Waals surface area contributed by atoms with Gasteiger partial charge in [-0.2, -0.15) is 5.10 Å². The van der Waals surface area contributed by atoms with E-state index < -0.39 is 5.97 Å². The number of para-hydroxylation sites is 1. The number of esters is 1. The zero-order valence-electron chi connectivity index (χ0n) is 19.4. The van der Waals surface area contributed by atoms with E-state index in [-0.39, 0.29) is 43.5 Å². The van der Waals surface area contributed by atoms with E-state index >= 15 is 0 Å². The summed E-state index contributed by atoms with van der Waals surface area (Å²) in [5.74, 6) is -0.977. The number of ether oxygens (including phenoxy) is 1. The Bertz CT molecular complexity index is 1380. The molecule has 180 valence electrons. The van der Waals surface area contributed by atoms with E-state index in [1.165, 1.54) is 11.3 Å². The Kier molecular flexibility index (Phi) is 7.51. The van der Waals surface area contributed by atoms with E-state index in [4.69, 9.17) is 4.74 Å². The molecule has 0 saturated carbocycles. The predicted molar refractivity (Wildman–Crippen MR) is 133 cm³/mol. The summed E-state index contributed by atoms with van der Waals surface area (Å²) in [6.07, 6.45) is 0.156. The maximum atomic E-state index is 12.4. The van der Waals surface area contributed by atoms with Crippen LogP contribution >= 0.6 is 11.3 Å². The summed E-state index contributed by atoms with van der Waals surface area (Å²) in [5, 5.41) is 15.5. The van der Waals surface area contributed by atoms with Gasteiger partial charge in [-0.1, -0.05) is 30.3 Å². The lowest BCUT2D eigenvalue weighted by Crippen LogP contribution is -2.27. The van der Waals surface area contributed by atoms with Crippen LogP contribution in [-0.2, 0) is 27.4 Å². The fraction of sp³-hybridized carbons (Fsp3) is 0.240. The molecule has 4 rings (SSSR count). The van der Waals surface area contributed by atoms with Gasteiger partial charge in [0, 0.05) is 23.0 Å². The number of hydrogen-bond acceptors (Lipinski definition) is 7. The van der Waals surface area contributed by atoms with Crippen molar-refractivity contribution in [2.75, 3.05) is 11.9 Å².